The minimum absolute atomic E-state index is 0. The first-order valence-electron chi connectivity index (χ1n) is 6.06. The fourth-order valence-electron chi connectivity index (χ4n) is 2.19. The van der Waals surface area contributed by atoms with Crippen LogP contribution in [0.4, 0.5) is 0 Å². The Morgan fingerprint density at radius 3 is 3.06 bits per heavy atom. The number of hydrogen-bond donors (Lipinski definition) is 1. The third-order valence-corrected chi connectivity index (χ3v) is 3.98. The average molecular weight is 291 g/mol. The van der Waals surface area contributed by atoms with Crippen LogP contribution in [0.15, 0.2) is 0 Å². The minimum atomic E-state index is 0. The summed E-state index contributed by atoms with van der Waals surface area (Å²) in [5.41, 5.74) is 6.50. The van der Waals surface area contributed by atoms with Crippen molar-refractivity contribution in [1.82, 2.24) is 14.5 Å². The van der Waals surface area contributed by atoms with Crippen molar-refractivity contribution in [3.05, 3.63) is 10.6 Å². The van der Waals surface area contributed by atoms with Gasteiger partial charge in [0.25, 0.3) is 5.91 Å². The zero-order chi connectivity index (χ0) is 12.3. The number of carbonyl (C=O) groups is 1. The number of nitrogens with zero attached hydrogens (tertiary/aromatic N) is 3. The molecule has 1 aliphatic heterocycles. The summed E-state index contributed by atoms with van der Waals surface area (Å²) in [5.74, 6) is 0.522. The highest BCUT2D eigenvalue weighted by molar-refractivity contribution is 7.08. The lowest BCUT2D eigenvalue weighted by Crippen LogP contribution is -2.42. The molecule has 7 heteroatoms. The summed E-state index contributed by atoms with van der Waals surface area (Å²) in [6.07, 6.45) is 2.93. The molecule has 2 rings (SSSR count). The van der Waals surface area contributed by atoms with Crippen molar-refractivity contribution >= 4 is 29.8 Å². The van der Waals surface area contributed by atoms with Crippen molar-refractivity contribution in [3.8, 4) is 0 Å². The van der Waals surface area contributed by atoms with Crippen LogP contribution in [0, 0.1) is 5.92 Å². The van der Waals surface area contributed by atoms with Gasteiger partial charge < -0.3 is 10.6 Å². The van der Waals surface area contributed by atoms with E-state index in [0.717, 1.165) is 38.0 Å². The molecule has 5 nitrogen and oxygen atoms in total. The van der Waals surface area contributed by atoms with E-state index < -0.39 is 0 Å². The highest BCUT2D eigenvalue weighted by Gasteiger charge is 2.26. The Balaban J connectivity index is 0.00000162. The van der Waals surface area contributed by atoms with Crippen LogP contribution in [-0.4, -0.2) is 40.0 Å². The lowest BCUT2D eigenvalue weighted by Gasteiger charge is -2.31. The molecular formula is C11H19ClN4OS. The van der Waals surface area contributed by atoms with Gasteiger partial charge in [0.15, 0.2) is 0 Å². The van der Waals surface area contributed by atoms with E-state index in [4.69, 9.17) is 5.73 Å². The van der Waals surface area contributed by atoms with Crippen LogP contribution in [0.2, 0.25) is 0 Å². The number of hydrogen-bond acceptors (Lipinski definition) is 5. The van der Waals surface area contributed by atoms with Gasteiger partial charge in [-0.05, 0) is 43.3 Å². The maximum absolute atomic E-state index is 12.3. The molecule has 0 aromatic carbocycles. The first-order chi connectivity index (χ1) is 8.26. The number of rotatable bonds is 3. The number of likely N-dealkylation sites (tertiary alicyclic amines) is 1. The van der Waals surface area contributed by atoms with Gasteiger partial charge in [0.05, 0.1) is 5.69 Å². The molecule has 1 unspecified atom stereocenters. The first kappa shape index (κ1) is 15.3. The van der Waals surface area contributed by atoms with Crippen LogP contribution >= 0.6 is 23.9 Å². The topological polar surface area (TPSA) is 72.1 Å². The van der Waals surface area contributed by atoms with Crippen molar-refractivity contribution in [3.63, 3.8) is 0 Å². The maximum Gasteiger partial charge on any atom is 0.267 e. The molecule has 2 heterocycles. The van der Waals surface area contributed by atoms with Gasteiger partial charge in [0, 0.05) is 13.1 Å². The Morgan fingerprint density at radius 1 is 1.61 bits per heavy atom. The molecule has 1 amide bonds. The number of amides is 1. The van der Waals surface area contributed by atoms with Gasteiger partial charge in [-0.25, -0.2) is 0 Å². The van der Waals surface area contributed by atoms with Crippen LogP contribution in [0.1, 0.15) is 35.1 Å². The Kier molecular flexibility index (Phi) is 5.98. The van der Waals surface area contributed by atoms with Crippen LogP contribution in [-0.2, 0) is 6.42 Å². The molecule has 1 saturated heterocycles. The molecular weight excluding hydrogens is 272 g/mol. The summed E-state index contributed by atoms with van der Waals surface area (Å²) in [5, 5.41) is 3.99. The third kappa shape index (κ3) is 3.18. The summed E-state index contributed by atoms with van der Waals surface area (Å²) in [4.78, 5) is 14.9. The van der Waals surface area contributed by atoms with Crippen LogP contribution in [0.5, 0.6) is 0 Å². The Bertz CT molecular complexity index is 398. The van der Waals surface area contributed by atoms with Gasteiger partial charge in [-0.1, -0.05) is 11.4 Å². The molecule has 102 valence electrons. The summed E-state index contributed by atoms with van der Waals surface area (Å²) in [7, 11) is 0. The maximum atomic E-state index is 12.3. The van der Waals surface area contributed by atoms with Crippen molar-refractivity contribution in [2.75, 3.05) is 19.6 Å². The lowest BCUT2D eigenvalue weighted by atomic mass is 9.98. The second kappa shape index (κ2) is 7.01. The van der Waals surface area contributed by atoms with Gasteiger partial charge >= 0.3 is 0 Å². The molecule has 0 spiro atoms. The van der Waals surface area contributed by atoms with Crippen molar-refractivity contribution in [2.45, 2.75) is 26.2 Å². The van der Waals surface area contributed by atoms with Gasteiger partial charge in [-0.3, -0.25) is 4.79 Å². The fourth-order valence-corrected chi connectivity index (χ4v) is 2.91. The van der Waals surface area contributed by atoms with E-state index in [-0.39, 0.29) is 18.3 Å². The largest absolute Gasteiger partial charge is 0.338 e. The van der Waals surface area contributed by atoms with Gasteiger partial charge in [-0.15, -0.1) is 17.5 Å². The second-order valence-corrected chi connectivity index (χ2v) is 5.15. The summed E-state index contributed by atoms with van der Waals surface area (Å²) < 4.78 is 3.87. The van der Waals surface area contributed by atoms with E-state index in [1.54, 1.807) is 0 Å². The van der Waals surface area contributed by atoms with Crippen molar-refractivity contribution < 1.29 is 4.79 Å². The van der Waals surface area contributed by atoms with Crippen LogP contribution in [0.3, 0.4) is 0 Å². The summed E-state index contributed by atoms with van der Waals surface area (Å²) in [6.45, 7) is 4.25. The molecule has 1 fully saturated rings. The van der Waals surface area contributed by atoms with E-state index in [9.17, 15) is 4.79 Å². The summed E-state index contributed by atoms with van der Waals surface area (Å²) in [6, 6.07) is 0. The SMILES string of the molecule is CCc1nnsc1C(=O)N1CCCC(CN)C1.Cl. The number of halogens is 1. The molecule has 0 aliphatic carbocycles. The number of piperidine rings is 1. The van der Waals surface area contributed by atoms with E-state index in [1.807, 2.05) is 11.8 Å². The molecule has 1 atom stereocenters. The second-order valence-electron chi connectivity index (χ2n) is 4.40. The van der Waals surface area contributed by atoms with Gasteiger partial charge in [-0.2, -0.15) is 0 Å². The van der Waals surface area contributed by atoms with E-state index in [1.165, 1.54) is 11.5 Å². The van der Waals surface area contributed by atoms with Gasteiger partial charge in [0.1, 0.15) is 4.88 Å². The highest BCUT2D eigenvalue weighted by atomic mass is 35.5. The Morgan fingerprint density at radius 2 is 2.39 bits per heavy atom. The fraction of sp³-hybridized carbons (Fsp3) is 0.727. The number of carbonyl (C=O) groups excluding carboxylic acids is 1. The molecule has 2 N–H and O–H groups in total. The molecule has 0 saturated carbocycles. The van der Waals surface area contributed by atoms with Crippen LogP contribution < -0.4 is 5.73 Å². The Labute approximate surface area is 117 Å². The summed E-state index contributed by atoms with van der Waals surface area (Å²) >= 11 is 1.20. The number of aryl methyl sites for hydroxylation is 1. The molecule has 1 aliphatic rings. The third-order valence-electron chi connectivity index (χ3n) is 3.22. The quantitative estimate of drug-likeness (QED) is 0.912. The molecule has 0 radical (unpaired) electrons. The van der Waals surface area contributed by atoms with Gasteiger partial charge in [0.2, 0.25) is 0 Å². The smallest absolute Gasteiger partial charge is 0.267 e. The van der Waals surface area contributed by atoms with E-state index >= 15 is 0 Å². The number of aromatic nitrogens is 2. The van der Waals surface area contributed by atoms with Crippen molar-refractivity contribution in [1.29, 1.82) is 0 Å². The molecule has 1 aromatic heterocycles. The normalized spacial score (nSPS) is 19.4. The zero-order valence-corrected chi connectivity index (χ0v) is 12.1. The molecule has 18 heavy (non-hydrogen) atoms. The zero-order valence-electron chi connectivity index (χ0n) is 10.5. The van der Waals surface area contributed by atoms with Crippen LogP contribution in [0.25, 0.3) is 0 Å². The Hall–Kier alpha value is -0.720. The van der Waals surface area contributed by atoms with E-state index in [0.29, 0.717) is 17.3 Å². The lowest BCUT2D eigenvalue weighted by molar-refractivity contribution is 0.0682. The predicted octanol–water partition coefficient (Wildman–Crippen LogP) is 1.33. The minimum Gasteiger partial charge on any atom is -0.338 e. The number of nitrogens with two attached hydrogens (primary N) is 1. The standard InChI is InChI=1S/C11H18N4OS.ClH/c1-2-9-10(17-14-13-9)11(16)15-5-3-4-8(6-12)7-15;/h8H,2-7,12H2,1H3;1H. The van der Waals surface area contributed by atoms with Crippen molar-refractivity contribution in [2.24, 2.45) is 11.7 Å². The first-order valence-corrected chi connectivity index (χ1v) is 6.84. The predicted molar refractivity (Wildman–Crippen MR) is 74.2 cm³/mol. The van der Waals surface area contributed by atoms with E-state index in [2.05, 4.69) is 9.59 Å². The molecule has 0 bridgehead atoms. The monoisotopic (exact) mass is 290 g/mol. The molecule has 1 aromatic rings. The average Bonchev–Trinajstić information content (AvgIpc) is 2.86. The highest BCUT2D eigenvalue weighted by Crippen LogP contribution is 2.20.